The van der Waals surface area contributed by atoms with E-state index in [1.165, 1.54) is 7.11 Å². The van der Waals surface area contributed by atoms with E-state index in [4.69, 9.17) is 6.42 Å². The number of hydrogen-bond donors (Lipinski definition) is 0. The van der Waals surface area contributed by atoms with Crippen LogP contribution < -0.4 is 0 Å². The fraction of sp³-hybridized carbons (Fsp3) is 0.182. The molecule has 0 N–H and O–H groups in total. The molecule has 1 aromatic rings. The Balaban J connectivity index is 3.38. The highest BCUT2D eigenvalue weighted by atomic mass is 127. The average Bonchev–Trinajstić information content (AvgIpc) is 2.19. The van der Waals surface area contributed by atoms with Crippen molar-refractivity contribution in [1.82, 2.24) is 0 Å². The molecule has 0 aliphatic carbocycles. The van der Waals surface area contributed by atoms with Gasteiger partial charge in [0.2, 0.25) is 0 Å². The van der Waals surface area contributed by atoms with Crippen molar-refractivity contribution in [3.63, 3.8) is 0 Å². The highest BCUT2D eigenvalue weighted by Gasteiger charge is 2.12. The van der Waals surface area contributed by atoms with Gasteiger partial charge in [-0.1, -0.05) is 5.92 Å². The van der Waals surface area contributed by atoms with Crippen LogP contribution in [0, 0.1) is 22.8 Å². The van der Waals surface area contributed by atoms with Gasteiger partial charge in [0.25, 0.3) is 0 Å². The summed E-state index contributed by atoms with van der Waals surface area (Å²) in [6, 6.07) is 3.63. The monoisotopic (exact) mass is 300 g/mol. The number of halogens is 1. The number of esters is 1. The molecule has 1 aromatic carbocycles. The van der Waals surface area contributed by atoms with Crippen LogP contribution in [0.25, 0.3) is 0 Å². The number of rotatable bonds is 1. The maximum absolute atomic E-state index is 11.4. The predicted octanol–water partition coefficient (Wildman–Crippen LogP) is 2.37. The minimum absolute atomic E-state index is 0.350. The summed E-state index contributed by atoms with van der Waals surface area (Å²) in [5, 5.41) is 0. The van der Waals surface area contributed by atoms with E-state index in [0.717, 1.165) is 14.7 Å². The number of carbonyl (C=O) groups is 1. The maximum atomic E-state index is 11.4. The summed E-state index contributed by atoms with van der Waals surface area (Å²) in [4.78, 5) is 11.4. The lowest BCUT2D eigenvalue weighted by atomic mass is 10.0. The Morgan fingerprint density at radius 1 is 1.57 bits per heavy atom. The summed E-state index contributed by atoms with van der Waals surface area (Å²) in [6.07, 6.45) is 5.32. The molecule has 0 aliphatic rings. The predicted molar refractivity (Wildman–Crippen MR) is 63.2 cm³/mol. The quantitative estimate of drug-likeness (QED) is 0.452. The third-order valence-electron chi connectivity index (χ3n) is 1.93. The Morgan fingerprint density at radius 3 is 2.71 bits per heavy atom. The van der Waals surface area contributed by atoms with Crippen molar-refractivity contribution < 1.29 is 9.53 Å². The van der Waals surface area contributed by atoms with Gasteiger partial charge >= 0.3 is 5.97 Å². The molecule has 0 radical (unpaired) electrons. The van der Waals surface area contributed by atoms with E-state index >= 15 is 0 Å². The first kappa shape index (κ1) is 11.1. The molecule has 0 unspecified atom stereocenters. The third-order valence-corrected chi connectivity index (χ3v) is 2.56. The van der Waals surface area contributed by atoms with E-state index < -0.39 is 0 Å². The van der Waals surface area contributed by atoms with Crippen LogP contribution >= 0.6 is 22.6 Å². The summed E-state index contributed by atoms with van der Waals surface area (Å²) >= 11 is 2.12. The Hall–Kier alpha value is -1.02. The van der Waals surface area contributed by atoms with E-state index in [1.807, 2.05) is 13.0 Å². The SMILES string of the molecule is C#Cc1cc(I)cc(C(=O)OC)c1C. The fourth-order valence-electron chi connectivity index (χ4n) is 1.15. The largest absolute Gasteiger partial charge is 0.465 e. The fourth-order valence-corrected chi connectivity index (χ4v) is 1.77. The zero-order valence-electron chi connectivity index (χ0n) is 7.93. The van der Waals surface area contributed by atoms with E-state index in [9.17, 15) is 4.79 Å². The Kier molecular flexibility index (Phi) is 3.53. The van der Waals surface area contributed by atoms with Crippen LogP contribution in [0.4, 0.5) is 0 Å². The van der Waals surface area contributed by atoms with Crippen molar-refractivity contribution in [3.8, 4) is 12.3 Å². The first-order valence-electron chi connectivity index (χ1n) is 3.95. The normalized spacial score (nSPS) is 9.29. The molecule has 0 atom stereocenters. The summed E-state index contributed by atoms with van der Waals surface area (Å²) in [5.41, 5.74) is 2.06. The summed E-state index contributed by atoms with van der Waals surface area (Å²) in [5.74, 6) is 2.19. The molecule has 0 fully saturated rings. The minimum atomic E-state index is -0.350. The van der Waals surface area contributed by atoms with Crippen molar-refractivity contribution in [2.24, 2.45) is 0 Å². The van der Waals surface area contributed by atoms with Gasteiger partial charge < -0.3 is 4.74 Å². The van der Waals surface area contributed by atoms with Gasteiger partial charge in [-0.15, -0.1) is 6.42 Å². The second-order valence-electron chi connectivity index (χ2n) is 2.76. The van der Waals surface area contributed by atoms with E-state index in [0.29, 0.717) is 5.56 Å². The molecule has 0 spiro atoms. The van der Waals surface area contributed by atoms with Gasteiger partial charge in [-0.2, -0.15) is 0 Å². The number of methoxy groups -OCH3 is 1. The van der Waals surface area contributed by atoms with Gasteiger partial charge in [-0.05, 0) is 47.2 Å². The zero-order chi connectivity index (χ0) is 10.7. The summed E-state index contributed by atoms with van der Waals surface area (Å²) < 4.78 is 5.59. The van der Waals surface area contributed by atoms with Crippen molar-refractivity contribution in [2.75, 3.05) is 7.11 Å². The smallest absolute Gasteiger partial charge is 0.338 e. The molecule has 0 saturated carbocycles. The van der Waals surface area contributed by atoms with Gasteiger partial charge in [-0.3, -0.25) is 0 Å². The molecule has 2 nitrogen and oxygen atoms in total. The molecule has 3 heteroatoms. The molecule has 0 aromatic heterocycles. The highest BCUT2D eigenvalue weighted by Crippen LogP contribution is 2.18. The van der Waals surface area contributed by atoms with Crippen LogP contribution in [0.15, 0.2) is 12.1 Å². The molecular weight excluding hydrogens is 291 g/mol. The Morgan fingerprint density at radius 2 is 2.21 bits per heavy atom. The highest BCUT2D eigenvalue weighted by molar-refractivity contribution is 14.1. The minimum Gasteiger partial charge on any atom is -0.465 e. The van der Waals surface area contributed by atoms with E-state index in [1.54, 1.807) is 6.07 Å². The second-order valence-corrected chi connectivity index (χ2v) is 4.01. The molecule has 14 heavy (non-hydrogen) atoms. The van der Waals surface area contributed by atoms with Crippen molar-refractivity contribution in [2.45, 2.75) is 6.92 Å². The summed E-state index contributed by atoms with van der Waals surface area (Å²) in [7, 11) is 1.36. The molecule has 0 aliphatic heterocycles. The van der Waals surface area contributed by atoms with Crippen molar-refractivity contribution in [3.05, 3.63) is 32.4 Å². The van der Waals surface area contributed by atoms with Crippen LogP contribution in [0.2, 0.25) is 0 Å². The Labute approximate surface area is 96.8 Å². The first-order valence-corrected chi connectivity index (χ1v) is 5.03. The number of terminal acetylenes is 1. The number of ether oxygens (including phenoxy) is 1. The van der Waals surface area contributed by atoms with Gasteiger partial charge in [0.1, 0.15) is 0 Å². The van der Waals surface area contributed by atoms with Crippen LogP contribution in [0.3, 0.4) is 0 Å². The van der Waals surface area contributed by atoms with Crippen LogP contribution in [0.5, 0.6) is 0 Å². The van der Waals surface area contributed by atoms with Gasteiger partial charge in [0, 0.05) is 9.13 Å². The standard InChI is InChI=1S/C11H9IO2/c1-4-8-5-9(12)6-10(7(8)2)11(13)14-3/h1,5-6H,2-3H3. The van der Waals surface area contributed by atoms with Gasteiger partial charge in [0.05, 0.1) is 12.7 Å². The van der Waals surface area contributed by atoms with Crippen molar-refractivity contribution >= 4 is 28.6 Å². The summed E-state index contributed by atoms with van der Waals surface area (Å²) in [6.45, 7) is 1.82. The zero-order valence-corrected chi connectivity index (χ0v) is 10.1. The molecule has 1 rings (SSSR count). The molecule has 72 valence electrons. The van der Waals surface area contributed by atoms with Crippen LogP contribution in [0.1, 0.15) is 21.5 Å². The lowest BCUT2D eigenvalue weighted by Crippen LogP contribution is -2.05. The lowest BCUT2D eigenvalue weighted by Gasteiger charge is -2.06. The van der Waals surface area contributed by atoms with Crippen LogP contribution in [-0.4, -0.2) is 13.1 Å². The average molecular weight is 300 g/mol. The van der Waals surface area contributed by atoms with Gasteiger partial charge in [0.15, 0.2) is 0 Å². The first-order chi connectivity index (χ1) is 6.60. The molecule has 0 bridgehead atoms. The third kappa shape index (κ3) is 2.07. The molecular formula is C11H9IO2. The molecule has 0 heterocycles. The lowest BCUT2D eigenvalue weighted by molar-refractivity contribution is 0.0600. The number of carbonyl (C=O) groups excluding carboxylic acids is 1. The van der Waals surface area contributed by atoms with E-state index in [-0.39, 0.29) is 5.97 Å². The van der Waals surface area contributed by atoms with E-state index in [2.05, 4.69) is 33.2 Å². The molecule has 0 saturated heterocycles. The van der Waals surface area contributed by atoms with Gasteiger partial charge in [-0.25, -0.2) is 4.79 Å². The topological polar surface area (TPSA) is 26.3 Å². The van der Waals surface area contributed by atoms with Crippen molar-refractivity contribution in [1.29, 1.82) is 0 Å². The van der Waals surface area contributed by atoms with Crippen LogP contribution in [-0.2, 0) is 4.74 Å². The number of benzene rings is 1. The Bertz CT molecular complexity index is 416. The maximum Gasteiger partial charge on any atom is 0.338 e. The molecule has 0 amide bonds. The second kappa shape index (κ2) is 4.47. The number of hydrogen-bond acceptors (Lipinski definition) is 2.